The minimum Gasteiger partial charge on any atom is -0.314 e. The maximum atomic E-state index is 8.98. The van der Waals surface area contributed by atoms with Crippen LogP contribution >= 0.6 is 0 Å². The highest BCUT2D eigenvalue weighted by molar-refractivity contribution is 5.75. The lowest BCUT2D eigenvalue weighted by atomic mass is 10.4. The number of hydrogen-bond acceptors (Lipinski definition) is 7. The van der Waals surface area contributed by atoms with Crippen LogP contribution in [0.15, 0.2) is 0 Å². The maximum Gasteiger partial charge on any atom is 0.239 e. The predicted molar refractivity (Wildman–Crippen MR) is 95.3 cm³/mol. The van der Waals surface area contributed by atoms with E-state index in [1.165, 1.54) is 0 Å². The van der Waals surface area contributed by atoms with Crippen LogP contribution in [0.5, 0.6) is 0 Å². The number of guanidine groups is 1. The smallest absolute Gasteiger partial charge is 0.239 e. The van der Waals surface area contributed by atoms with E-state index in [0.29, 0.717) is 5.96 Å². The third kappa shape index (κ3) is 4.16. The van der Waals surface area contributed by atoms with E-state index in [-0.39, 0.29) is 0 Å². The van der Waals surface area contributed by atoms with Gasteiger partial charge in [0.25, 0.3) is 0 Å². The van der Waals surface area contributed by atoms with Crippen LogP contribution in [-0.4, -0.2) is 116 Å². The van der Waals surface area contributed by atoms with E-state index in [2.05, 4.69) is 48.0 Å². The summed E-state index contributed by atoms with van der Waals surface area (Å²) in [6.45, 7) is 14.6. The van der Waals surface area contributed by atoms with Crippen LogP contribution < -0.4 is 16.0 Å². The first-order valence-corrected chi connectivity index (χ1v) is 9.34. The van der Waals surface area contributed by atoms with Crippen molar-refractivity contribution in [1.29, 1.82) is 5.41 Å². The van der Waals surface area contributed by atoms with Gasteiger partial charge in [0, 0.05) is 85.1 Å². The molecule has 0 aromatic rings. The van der Waals surface area contributed by atoms with Gasteiger partial charge in [0.1, 0.15) is 0 Å². The molecule has 3 aliphatic rings. The molecule has 3 heterocycles. The van der Waals surface area contributed by atoms with Crippen molar-refractivity contribution >= 4 is 5.96 Å². The van der Waals surface area contributed by atoms with Gasteiger partial charge in [-0.3, -0.25) is 10.4 Å². The molecule has 9 heteroatoms. The summed E-state index contributed by atoms with van der Waals surface area (Å²) in [4.78, 5) is 0. The monoisotopic (exact) mass is 339 g/mol. The third-order valence-corrected chi connectivity index (χ3v) is 4.89. The number of nitrogens with zero attached hydrogens (tertiary/aromatic N) is 5. The summed E-state index contributed by atoms with van der Waals surface area (Å²) < 4.78 is 0. The Morgan fingerprint density at radius 2 is 1.12 bits per heavy atom. The summed E-state index contributed by atoms with van der Waals surface area (Å²) in [6, 6.07) is 0. The number of hydrogen-bond donors (Lipinski definition) is 4. The van der Waals surface area contributed by atoms with Gasteiger partial charge in [-0.1, -0.05) is 0 Å². The second kappa shape index (κ2) is 8.93. The molecule has 0 aromatic heterocycles. The Morgan fingerprint density at radius 1 is 0.750 bits per heavy atom. The van der Waals surface area contributed by atoms with Crippen molar-refractivity contribution in [3.05, 3.63) is 0 Å². The average molecular weight is 339 g/mol. The van der Waals surface area contributed by atoms with E-state index >= 15 is 0 Å². The lowest BCUT2D eigenvalue weighted by molar-refractivity contribution is -0.154. The number of piperazine rings is 3. The molecule has 0 radical (unpaired) electrons. The first kappa shape index (κ1) is 17.8. The molecule has 0 unspecified atom stereocenters. The van der Waals surface area contributed by atoms with Crippen molar-refractivity contribution in [2.75, 3.05) is 85.1 Å². The summed E-state index contributed by atoms with van der Waals surface area (Å²) in [5.74, 6) is 0.586. The van der Waals surface area contributed by atoms with Gasteiger partial charge in [-0.05, 0) is 6.92 Å². The van der Waals surface area contributed by atoms with Crippen molar-refractivity contribution in [1.82, 2.24) is 41.1 Å². The van der Waals surface area contributed by atoms with Gasteiger partial charge >= 0.3 is 0 Å². The standard InChI is InChI=1S/C15H33N9/c1-2-23(20-9-3-17-4-10-20)15(16)24(21-11-5-18-6-12-21)22-13-7-19-8-14-22/h16-19H,2-14H2,1H3. The van der Waals surface area contributed by atoms with Crippen LogP contribution in [0, 0.1) is 5.41 Å². The molecule has 0 aliphatic carbocycles. The second-order valence-corrected chi connectivity index (χ2v) is 6.44. The highest BCUT2D eigenvalue weighted by Gasteiger charge is 2.32. The molecule has 9 nitrogen and oxygen atoms in total. The van der Waals surface area contributed by atoms with Crippen LogP contribution in [0.1, 0.15) is 6.92 Å². The van der Waals surface area contributed by atoms with Crippen molar-refractivity contribution in [2.45, 2.75) is 6.92 Å². The van der Waals surface area contributed by atoms with Gasteiger partial charge in [-0.2, -0.15) is 0 Å². The van der Waals surface area contributed by atoms with E-state index < -0.39 is 0 Å². The topological polar surface area (TPSA) is 76.1 Å². The lowest BCUT2D eigenvalue weighted by Crippen LogP contribution is -2.68. The Morgan fingerprint density at radius 3 is 1.50 bits per heavy atom. The van der Waals surface area contributed by atoms with Gasteiger partial charge in [-0.15, -0.1) is 0 Å². The molecular weight excluding hydrogens is 306 g/mol. The summed E-state index contributed by atoms with van der Waals surface area (Å²) in [7, 11) is 0. The highest BCUT2D eigenvalue weighted by atomic mass is 15.9. The first-order chi connectivity index (χ1) is 11.8. The molecule has 0 bridgehead atoms. The Hall–Kier alpha value is -0.970. The van der Waals surface area contributed by atoms with E-state index in [1.807, 2.05) is 0 Å². The largest absolute Gasteiger partial charge is 0.314 e. The summed E-state index contributed by atoms with van der Waals surface area (Å²) in [6.07, 6.45) is 0. The maximum absolute atomic E-state index is 8.98. The van der Waals surface area contributed by atoms with Gasteiger partial charge in [0.05, 0.1) is 0 Å². The molecule has 3 fully saturated rings. The molecule has 3 rings (SSSR count). The van der Waals surface area contributed by atoms with E-state index in [1.54, 1.807) is 0 Å². The van der Waals surface area contributed by atoms with E-state index in [0.717, 1.165) is 85.1 Å². The molecule has 138 valence electrons. The van der Waals surface area contributed by atoms with Crippen LogP contribution in [0.4, 0.5) is 0 Å². The number of hydrazine groups is 3. The van der Waals surface area contributed by atoms with Crippen LogP contribution in [0.2, 0.25) is 0 Å². The molecule has 3 saturated heterocycles. The van der Waals surface area contributed by atoms with E-state index in [9.17, 15) is 0 Å². The second-order valence-electron chi connectivity index (χ2n) is 6.44. The summed E-state index contributed by atoms with van der Waals surface area (Å²) >= 11 is 0. The van der Waals surface area contributed by atoms with Crippen molar-refractivity contribution in [3.63, 3.8) is 0 Å². The molecule has 24 heavy (non-hydrogen) atoms. The summed E-state index contributed by atoms with van der Waals surface area (Å²) in [5, 5.41) is 30.5. The quantitative estimate of drug-likeness (QED) is 0.346. The Bertz CT molecular complexity index is 368. The zero-order chi connectivity index (χ0) is 16.8. The Labute approximate surface area is 145 Å². The third-order valence-electron chi connectivity index (χ3n) is 4.89. The fourth-order valence-electron chi connectivity index (χ4n) is 3.61. The zero-order valence-electron chi connectivity index (χ0n) is 14.9. The van der Waals surface area contributed by atoms with Crippen LogP contribution in [0.25, 0.3) is 0 Å². The van der Waals surface area contributed by atoms with E-state index in [4.69, 9.17) is 5.41 Å². The predicted octanol–water partition coefficient (Wildman–Crippen LogP) is -1.99. The molecule has 0 spiro atoms. The molecule has 0 aromatic carbocycles. The summed E-state index contributed by atoms with van der Waals surface area (Å²) in [5.41, 5.74) is 0. The minimum absolute atomic E-state index is 0.586. The fraction of sp³-hybridized carbons (Fsp3) is 0.933. The van der Waals surface area contributed by atoms with Crippen molar-refractivity contribution in [3.8, 4) is 0 Å². The highest BCUT2D eigenvalue weighted by Crippen LogP contribution is 2.13. The van der Waals surface area contributed by atoms with Gasteiger partial charge < -0.3 is 16.0 Å². The Kier molecular flexibility index (Phi) is 6.64. The van der Waals surface area contributed by atoms with Crippen LogP contribution in [0.3, 0.4) is 0 Å². The fourth-order valence-corrected chi connectivity index (χ4v) is 3.61. The number of rotatable bonds is 4. The van der Waals surface area contributed by atoms with Gasteiger partial charge in [-0.25, -0.2) is 20.1 Å². The molecule has 0 atom stereocenters. The van der Waals surface area contributed by atoms with Crippen molar-refractivity contribution in [2.24, 2.45) is 0 Å². The molecule has 0 saturated carbocycles. The molecule has 3 aliphatic heterocycles. The Balaban J connectivity index is 1.75. The van der Waals surface area contributed by atoms with Crippen LogP contribution in [-0.2, 0) is 0 Å². The van der Waals surface area contributed by atoms with Crippen molar-refractivity contribution < 1.29 is 0 Å². The normalized spacial score (nSPS) is 24.7. The van der Waals surface area contributed by atoms with Gasteiger partial charge in [0.15, 0.2) is 0 Å². The van der Waals surface area contributed by atoms with Gasteiger partial charge in [0.2, 0.25) is 5.96 Å². The number of nitrogens with one attached hydrogen (secondary N) is 4. The average Bonchev–Trinajstić information content (AvgIpc) is 2.65. The first-order valence-electron chi connectivity index (χ1n) is 9.34. The molecule has 4 N–H and O–H groups in total. The molecular formula is C15H33N9. The zero-order valence-corrected chi connectivity index (χ0v) is 14.9. The SMILES string of the molecule is CCN(C(=N)N(N1CCNCC1)N1CCNCC1)N1CCNCC1. The molecule has 0 amide bonds. The lowest BCUT2D eigenvalue weighted by Gasteiger charge is -2.50. The minimum atomic E-state index is 0.586.